The zero-order valence-corrected chi connectivity index (χ0v) is 11.7. The first-order valence-electron chi connectivity index (χ1n) is 7.73. The van der Waals surface area contributed by atoms with Gasteiger partial charge in [-0.3, -0.25) is 9.88 Å². The molecule has 2 heterocycles. The maximum Gasteiger partial charge on any atom is 0.0644 e. The summed E-state index contributed by atoms with van der Waals surface area (Å²) in [4.78, 5) is 7.09. The smallest absolute Gasteiger partial charge is 0.0644 e. The summed E-state index contributed by atoms with van der Waals surface area (Å²) in [5.41, 5.74) is 7.16. The van der Waals surface area contributed by atoms with Crippen LogP contribution in [0.4, 0.5) is 0 Å². The summed E-state index contributed by atoms with van der Waals surface area (Å²) in [5, 5.41) is 0. The van der Waals surface area contributed by atoms with E-state index in [9.17, 15) is 0 Å². The van der Waals surface area contributed by atoms with Crippen LogP contribution < -0.4 is 5.73 Å². The molecule has 104 valence electrons. The van der Waals surface area contributed by atoms with Gasteiger partial charge in [-0.1, -0.05) is 25.3 Å². The molecule has 3 heteroatoms. The normalized spacial score (nSPS) is 29.7. The lowest BCUT2D eigenvalue weighted by Crippen LogP contribution is -2.45. The molecular weight excluding hydrogens is 234 g/mol. The Morgan fingerprint density at radius 2 is 2.05 bits per heavy atom. The van der Waals surface area contributed by atoms with Crippen LogP contribution in [0.3, 0.4) is 0 Å². The average Bonchev–Trinajstić information content (AvgIpc) is 2.49. The molecule has 2 fully saturated rings. The third kappa shape index (κ3) is 2.82. The van der Waals surface area contributed by atoms with E-state index in [1.165, 1.54) is 45.2 Å². The molecule has 1 aliphatic heterocycles. The predicted molar refractivity (Wildman–Crippen MR) is 77.7 cm³/mol. The molecule has 3 nitrogen and oxygen atoms in total. The third-order valence-corrected chi connectivity index (χ3v) is 5.02. The van der Waals surface area contributed by atoms with Crippen molar-refractivity contribution in [2.24, 2.45) is 17.6 Å². The van der Waals surface area contributed by atoms with Crippen molar-refractivity contribution in [1.82, 2.24) is 9.88 Å². The van der Waals surface area contributed by atoms with E-state index in [4.69, 9.17) is 5.73 Å². The van der Waals surface area contributed by atoms with Gasteiger partial charge in [0.1, 0.15) is 0 Å². The first-order chi connectivity index (χ1) is 9.38. The van der Waals surface area contributed by atoms with Gasteiger partial charge in [0.15, 0.2) is 0 Å². The van der Waals surface area contributed by atoms with E-state index >= 15 is 0 Å². The summed E-state index contributed by atoms with van der Waals surface area (Å²) >= 11 is 0. The number of likely N-dealkylation sites (tertiary alicyclic amines) is 1. The molecule has 3 unspecified atom stereocenters. The molecule has 0 spiro atoms. The molecule has 3 rings (SSSR count). The van der Waals surface area contributed by atoms with Gasteiger partial charge >= 0.3 is 0 Å². The van der Waals surface area contributed by atoms with Gasteiger partial charge in [-0.25, -0.2) is 0 Å². The molecule has 1 saturated heterocycles. The van der Waals surface area contributed by atoms with E-state index in [0.717, 1.165) is 17.5 Å². The van der Waals surface area contributed by atoms with Crippen molar-refractivity contribution in [2.45, 2.75) is 38.1 Å². The van der Waals surface area contributed by atoms with Crippen LogP contribution in [-0.2, 0) is 0 Å². The Morgan fingerprint density at radius 3 is 2.79 bits per heavy atom. The minimum Gasteiger partial charge on any atom is -0.329 e. The number of fused-ring (bicyclic) bond motifs is 1. The van der Waals surface area contributed by atoms with Gasteiger partial charge < -0.3 is 5.73 Å². The van der Waals surface area contributed by atoms with Gasteiger partial charge in [-0.05, 0) is 43.4 Å². The molecule has 1 aromatic heterocycles. The second-order valence-electron chi connectivity index (χ2n) is 6.09. The van der Waals surface area contributed by atoms with Gasteiger partial charge in [-0.15, -0.1) is 0 Å². The molecule has 0 amide bonds. The number of nitrogens with zero attached hydrogens (tertiary/aromatic N) is 2. The van der Waals surface area contributed by atoms with Crippen molar-refractivity contribution in [2.75, 3.05) is 19.6 Å². The van der Waals surface area contributed by atoms with Crippen molar-refractivity contribution < 1.29 is 0 Å². The van der Waals surface area contributed by atoms with Gasteiger partial charge in [0, 0.05) is 19.3 Å². The van der Waals surface area contributed by atoms with Gasteiger partial charge in [0.2, 0.25) is 0 Å². The molecule has 19 heavy (non-hydrogen) atoms. The number of piperidine rings is 1. The van der Waals surface area contributed by atoms with Crippen LogP contribution in [0.15, 0.2) is 24.4 Å². The summed E-state index contributed by atoms with van der Waals surface area (Å²) < 4.78 is 0. The maximum atomic E-state index is 6.02. The highest BCUT2D eigenvalue weighted by Crippen LogP contribution is 2.38. The van der Waals surface area contributed by atoms with E-state index in [1.54, 1.807) is 0 Å². The number of rotatable bonds is 3. The van der Waals surface area contributed by atoms with Crippen LogP contribution in [0.2, 0.25) is 0 Å². The highest BCUT2D eigenvalue weighted by atomic mass is 15.2. The van der Waals surface area contributed by atoms with Crippen molar-refractivity contribution in [3.63, 3.8) is 0 Å². The SMILES string of the molecule is NCC(c1ccccn1)N1CCC2CCCCC2C1. The molecule has 3 atom stereocenters. The Kier molecular flexibility index (Phi) is 4.14. The lowest BCUT2D eigenvalue weighted by molar-refractivity contribution is 0.0574. The molecule has 2 N–H and O–H groups in total. The molecule has 0 aromatic carbocycles. The summed E-state index contributed by atoms with van der Waals surface area (Å²) in [7, 11) is 0. The third-order valence-electron chi connectivity index (χ3n) is 5.02. The first-order valence-corrected chi connectivity index (χ1v) is 7.73. The Bertz CT molecular complexity index is 392. The molecule has 1 aliphatic carbocycles. The average molecular weight is 259 g/mol. The quantitative estimate of drug-likeness (QED) is 0.907. The summed E-state index contributed by atoms with van der Waals surface area (Å²) in [6.45, 7) is 3.09. The van der Waals surface area contributed by atoms with Gasteiger partial charge in [0.05, 0.1) is 11.7 Å². The van der Waals surface area contributed by atoms with Gasteiger partial charge in [-0.2, -0.15) is 0 Å². The molecule has 1 saturated carbocycles. The van der Waals surface area contributed by atoms with E-state index in [1.807, 2.05) is 12.3 Å². The Morgan fingerprint density at radius 1 is 1.21 bits per heavy atom. The van der Waals surface area contributed by atoms with Crippen LogP contribution in [0, 0.1) is 11.8 Å². The summed E-state index contributed by atoms with van der Waals surface area (Å²) in [6.07, 6.45) is 8.98. The Balaban J connectivity index is 1.70. The molecule has 2 aliphatic rings. The van der Waals surface area contributed by atoms with E-state index in [0.29, 0.717) is 12.6 Å². The highest BCUT2D eigenvalue weighted by Gasteiger charge is 2.34. The molecule has 0 bridgehead atoms. The Hall–Kier alpha value is -0.930. The van der Waals surface area contributed by atoms with Crippen LogP contribution in [-0.4, -0.2) is 29.5 Å². The second-order valence-corrected chi connectivity index (χ2v) is 6.09. The van der Waals surface area contributed by atoms with Crippen molar-refractivity contribution in [3.8, 4) is 0 Å². The fraction of sp³-hybridized carbons (Fsp3) is 0.688. The minimum absolute atomic E-state index is 0.309. The standard InChI is InChI=1S/C16H25N3/c17-11-16(15-7-3-4-9-18-15)19-10-8-13-5-1-2-6-14(13)12-19/h3-4,7,9,13-14,16H,1-2,5-6,8,10-12,17H2. The van der Waals surface area contributed by atoms with Gasteiger partial charge in [0.25, 0.3) is 0 Å². The van der Waals surface area contributed by atoms with Crippen molar-refractivity contribution in [1.29, 1.82) is 0 Å². The predicted octanol–water partition coefficient (Wildman–Crippen LogP) is 2.59. The van der Waals surface area contributed by atoms with Crippen molar-refractivity contribution in [3.05, 3.63) is 30.1 Å². The lowest BCUT2D eigenvalue weighted by Gasteiger charge is -2.44. The lowest BCUT2D eigenvalue weighted by atomic mass is 9.75. The number of nitrogens with two attached hydrogens (primary N) is 1. The second kappa shape index (κ2) is 6.02. The minimum atomic E-state index is 0.309. The highest BCUT2D eigenvalue weighted by molar-refractivity contribution is 5.10. The van der Waals surface area contributed by atoms with Crippen LogP contribution >= 0.6 is 0 Å². The zero-order chi connectivity index (χ0) is 13.1. The molecule has 1 aromatic rings. The Labute approximate surface area is 116 Å². The van der Waals surface area contributed by atoms with Crippen molar-refractivity contribution >= 4 is 0 Å². The maximum absolute atomic E-state index is 6.02. The topological polar surface area (TPSA) is 42.1 Å². The fourth-order valence-corrected chi connectivity index (χ4v) is 3.94. The largest absolute Gasteiger partial charge is 0.329 e. The van der Waals surface area contributed by atoms with E-state index < -0.39 is 0 Å². The molecule has 0 radical (unpaired) electrons. The van der Waals surface area contributed by atoms with Crippen LogP contribution in [0.25, 0.3) is 0 Å². The number of hydrogen-bond acceptors (Lipinski definition) is 3. The summed E-state index contributed by atoms with van der Waals surface area (Å²) in [6, 6.07) is 6.47. The van der Waals surface area contributed by atoms with E-state index in [2.05, 4.69) is 22.0 Å². The monoisotopic (exact) mass is 259 g/mol. The fourth-order valence-electron chi connectivity index (χ4n) is 3.94. The van der Waals surface area contributed by atoms with Crippen LogP contribution in [0.1, 0.15) is 43.8 Å². The zero-order valence-electron chi connectivity index (χ0n) is 11.7. The summed E-state index contributed by atoms with van der Waals surface area (Å²) in [5.74, 6) is 1.88. The number of aromatic nitrogens is 1. The van der Waals surface area contributed by atoms with E-state index in [-0.39, 0.29) is 0 Å². The number of pyridine rings is 1. The number of hydrogen-bond donors (Lipinski definition) is 1. The first kappa shape index (κ1) is 13.1. The van der Waals surface area contributed by atoms with Crippen LogP contribution in [0.5, 0.6) is 0 Å². The molecular formula is C16H25N3.